The number of ether oxygens (including phenoxy) is 1. The lowest BCUT2D eigenvalue weighted by Crippen LogP contribution is -2.29. The molecule has 0 spiro atoms. The van der Waals surface area contributed by atoms with E-state index in [1.165, 1.54) is 5.56 Å². The molecule has 2 aliphatic rings. The Hall–Kier alpha value is -2.72. The molecule has 0 amide bonds. The van der Waals surface area contributed by atoms with Gasteiger partial charge in [-0.1, -0.05) is 70.5 Å². The Morgan fingerprint density at radius 2 is 1.86 bits per heavy atom. The minimum absolute atomic E-state index is 0.0153. The summed E-state index contributed by atoms with van der Waals surface area (Å²) < 4.78 is 7.19. The first kappa shape index (κ1) is 18.3. The molecule has 3 aromatic rings. The van der Waals surface area contributed by atoms with E-state index < -0.39 is 0 Å². The zero-order valence-electron chi connectivity index (χ0n) is 15.9. The molecule has 3 atom stereocenters. The molecule has 3 aromatic carbocycles. The van der Waals surface area contributed by atoms with Crippen LogP contribution in [0.3, 0.4) is 0 Å². The molecule has 5 rings (SSSR count). The van der Waals surface area contributed by atoms with Crippen LogP contribution >= 0.6 is 15.9 Å². The number of fused-ring (bicyclic) bond motifs is 3. The minimum atomic E-state index is 0.0153. The summed E-state index contributed by atoms with van der Waals surface area (Å²) in [5, 5.41) is 14.3. The van der Waals surface area contributed by atoms with Gasteiger partial charge in [-0.25, -0.2) is 0 Å². The van der Waals surface area contributed by atoms with Gasteiger partial charge < -0.3 is 15.2 Å². The number of halogens is 1. The number of benzene rings is 3. The zero-order valence-corrected chi connectivity index (χ0v) is 17.5. The SMILES string of the molecule is Oc1ccc(Br)cc1C1Nc2c(OCc3ccccc3)cccc2C2C=CCC21. The summed E-state index contributed by atoms with van der Waals surface area (Å²) in [6, 6.07) is 22.1. The van der Waals surface area contributed by atoms with Crippen molar-refractivity contribution in [2.45, 2.75) is 25.0 Å². The van der Waals surface area contributed by atoms with Gasteiger partial charge >= 0.3 is 0 Å². The first-order valence-corrected chi connectivity index (χ1v) is 10.7. The van der Waals surface area contributed by atoms with Crippen molar-refractivity contribution in [2.24, 2.45) is 5.92 Å². The second kappa shape index (κ2) is 7.60. The van der Waals surface area contributed by atoms with E-state index in [1.807, 2.05) is 36.4 Å². The quantitative estimate of drug-likeness (QED) is 0.444. The van der Waals surface area contributed by atoms with Gasteiger partial charge in [0.05, 0.1) is 11.7 Å². The minimum Gasteiger partial charge on any atom is -0.508 e. The van der Waals surface area contributed by atoms with Gasteiger partial charge in [-0.05, 0) is 47.7 Å². The van der Waals surface area contributed by atoms with E-state index >= 15 is 0 Å². The van der Waals surface area contributed by atoms with Gasteiger partial charge in [0, 0.05) is 16.0 Å². The van der Waals surface area contributed by atoms with Crippen LogP contribution in [0.25, 0.3) is 0 Å². The number of nitrogens with one attached hydrogen (secondary N) is 1. The van der Waals surface area contributed by atoms with Crippen LogP contribution in [0.1, 0.15) is 35.1 Å². The van der Waals surface area contributed by atoms with Crippen molar-refractivity contribution in [3.05, 3.63) is 100 Å². The summed E-state index contributed by atoms with van der Waals surface area (Å²) in [6.45, 7) is 0.524. The monoisotopic (exact) mass is 447 g/mol. The molecule has 3 nitrogen and oxygen atoms in total. The predicted molar refractivity (Wildman–Crippen MR) is 119 cm³/mol. The van der Waals surface area contributed by atoms with Crippen LogP contribution in [-0.2, 0) is 6.61 Å². The largest absolute Gasteiger partial charge is 0.508 e. The maximum absolute atomic E-state index is 10.6. The first-order chi connectivity index (χ1) is 14.2. The maximum atomic E-state index is 10.6. The van der Waals surface area contributed by atoms with Crippen molar-refractivity contribution in [1.82, 2.24) is 0 Å². The molecule has 146 valence electrons. The van der Waals surface area contributed by atoms with Crippen molar-refractivity contribution >= 4 is 21.6 Å². The van der Waals surface area contributed by atoms with Gasteiger partial charge in [-0.15, -0.1) is 0 Å². The normalized spacial score (nSPS) is 21.9. The second-order valence-electron chi connectivity index (χ2n) is 7.67. The van der Waals surface area contributed by atoms with Crippen molar-refractivity contribution in [3.63, 3.8) is 0 Å². The lowest BCUT2D eigenvalue weighted by molar-refractivity contribution is 0.304. The van der Waals surface area contributed by atoms with E-state index in [0.717, 1.165) is 33.5 Å². The van der Waals surface area contributed by atoms with Crippen molar-refractivity contribution in [2.75, 3.05) is 5.32 Å². The van der Waals surface area contributed by atoms with E-state index in [2.05, 4.69) is 57.7 Å². The van der Waals surface area contributed by atoms with E-state index in [-0.39, 0.29) is 6.04 Å². The topological polar surface area (TPSA) is 41.5 Å². The third kappa shape index (κ3) is 3.42. The van der Waals surface area contributed by atoms with E-state index in [4.69, 9.17) is 4.74 Å². The van der Waals surface area contributed by atoms with Crippen LogP contribution in [0.15, 0.2) is 83.4 Å². The van der Waals surface area contributed by atoms with Gasteiger partial charge in [0.25, 0.3) is 0 Å². The molecule has 0 fully saturated rings. The molecule has 3 unspecified atom stereocenters. The van der Waals surface area contributed by atoms with Crippen molar-refractivity contribution < 1.29 is 9.84 Å². The number of anilines is 1. The number of rotatable bonds is 4. The van der Waals surface area contributed by atoms with Crippen LogP contribution in [0, 0.1) is 5.92 Å². The predicted octanol–water partition coefficient (Wildman–Crippen LogP) is 6.56. The van der Waals surface area contributed by atoms with Crippen molar-refractivity contribution in [1.29, 1.82) is 0 Å². The second-order valence-corrected chi connectivity index (χ2v) is 8.59. The molecule has 0 bridgehead atoms. The summed E-state index contributed by atoms with van der Waals surface area (Å²) in [4.78, 5) is 0. The summed E-state index contributed by atoms with van der Waals surface area (Å²) in [5.41, 5.74) is 4.35. The third-order valence-corrected chi connectivity index (χ3v) is 6.41. The molecule has 0 saturated carbocycles. The molecular weight excluding hydrogens is 426 g/mol. The number of phenolic OH excluding ortho intramolecular Hbond substituents is 1. The highest BCUT2D eigenvalue weighted by molar-refractivity contribution is 9.10. The number of hydrogen-bond acceptors (Lipinski definition) is 3. The average Bonchev–Trinajstić information content (AvgIpc) is 3.24. The molecule has 1 aliphatic heterocycles. The summed E-state index contributed by atoms with van der Waals surface area (Å²) >= 11 is 3.55. The number of aromatic hydroxyl groups is 1. The Morgan fingerprint density at radius 3 is 2.72 bits per heavy atom. The van der Waals surface area contributed by atoms with Gasteiger partial charge in [0.2, 0.25) is 0 Å². The lowest BCUT2D eigenvalue weighted by atomic mass is 9.76. The smallest absolute Gasteiger partial charge is 0.143 e. The Balaban J connectivity index is 1.52. The highest BCUT2D eigenvalue weighted by Gasteiger charge is 2.40. The zero-order chi connectivity index (χ0) is 19.8. The lowest BCUT2D eigenvalue weighted by Gasteiger charge is -2.38. The van der Waals surface area contributed by atoms with Gasteiger partial charge in [-0.3, -0.25) is 0 Å². The fraction of sp³-hybridized carbons (Fsp3) is 0.200. The summed E-state index contributed by atoms with van der Waals surface area (Å²) in [5.74, 6) is 1.86. The molecule has 29 heavy (non-hydrogen) atoms. The first-order valence-electron chi connectivity index (χ1n) is 9.92. The highest BCUT2D eigenvalue weighted by atomic mass is 79.9. The number of phenols is 1. The van der Waals surface area contributed by atoms with Gasteiger partial charge in [0.15, 0.2) is 0 Å². The van der Waals surface area contributed by atoms with Crippen LogP contribution < -0.4 is 10.1 Å². The Bertz CT molecular complexity index is 1060. The molecular formula is C25H22BrNO2. The summed E-state index contributed by atoms with van der Waals surface area (Å²) in [6.07, 6.45) is 5.54. The Labute approximate surface area is 179 Å². The van der Waals surface area contributed by atoms with Crippen LogP contribution in [0.2, 0.25) is 0 Å². The Morgan fingerprint density at radius 1 is 1.00 bits per heavy atom. The number of hydrogen-bond donors (Lipinski definition) is 2. The van der Waals surface area contributed by atoms with E-state index in [9.17, 15) is 5.11 Å². The third-order valence-electron chi connectivity index (χ3n) is 5.92. The average molecular weight is 448 g/mol. The van der Waals surface area contributed by atoms with E-state index in [1.54, 1.807) is 6.07 Å². The standard InChI is InChI=1S/C25H22BrNO2/c26-17-12-13-22(28)21(14-17)24-19-9-4-8-18(19)20-10-5-11-23(25(20)27-24)29-15-16-6-2-1-3-7-16/h1-8,10-14,18-19,24,27-28H,9,15H2. The van der Waals surface area contributed by atoms with Crippen molar-refractivity contribution in [3.8, 4) is 11.5 Å². The molecule has 2 N–H and O–H groups in total. The fourth-order valence-corrected chi connectivity index (χ4v) is 4.91. The molecule has 0 saturated heterocycles. The molecule has 4 heteroatoms. The van der Waals surface area contributed by atoms with Crippen LogP contribution in [0.5, 0.6) is 11.5 Å². The van der Waals surface area contributed by atoms with Crippen LogP contribution in [0.4, 0.5) is 5.69 Å². The Kier molecular flexibility index (Phi) is 4.80. The van der Waals surface area contributed by atoms with Gasteiger partial charge in [0.1, 0.15) is 18.1 Å². The van der Waals surface area contributed by atoms with Crippen LogP contribution in [-0.4, -0.2) is 5.11 Å². The maximum Gasteiger partial charge on any atom is 0.143 e. The highest BCUT2D eigenvalue weighted by Crippen LogP contribution is 2.53. The molecule has 1 aliphatic carbocycles. The molecule has 0 aromatic heterocycles. The fourth-order valence-electron chi connectivity index (χ4n) is 4.53. The van der Waals surface area contributed by atoms with E-state index in [0.29, 0.717) is 24.2 Å². The van der Waals surface area contributed by atoms with Gasteiger partial charge in [-0.2, -0.15) is 0 Å². The summed E-state index contributed by atoms with van der Waals surface area (Å²) in [7, 11) is 0. The molecule has 0 radical (unpaired) electrons. The molecule has 1 heterocycles. The number of allylic oxidation sites excluding steroid dienone is 2. The number of para-hydroxylation sites is 1.